The Bertz CT molecular complexity index is 1870. The van der Waals surface area contributed by atoms with E-state index in [2.05, 4.69) is 42.5 Å². The number of aromatic nitrogens is 3. The number of hydrogen-bond donors (Lipinski definition) is 1. The van der Waals surface area contributed by atoms with E-state index < -0.39 is 29.4 Å². The Morgan fingerprint density at radius 1 is 1.09 bits per heavy atom. The number of nitrogens with zero attached hydrogens (tertiary/aromatic N) is 5. The first-order valence-corrected chi connectivity index (χ1v) is 14.2. The molecule has 1 aromatic heterocycles. The summed E-state index contributed by atoms with van der Waals surface area (Å²) in [4.78, 5) is 28.2. The molecule has 0 saturated carbocycles. The Kier molecular flexibility index (Phi) is 8.40. The summed E-state index contributed by atoms with van der Waals surface area (Å²) in [5, 5.41) is 16.3. The van der Waals surface area contributed by atoms with Crippen LogP contribution in [-0.4, -0.2) is 53.0 Å². The van der Waals surface area contributed by atoms with Crippen LogP contribution < -0.4 is 10.6 Å². The number of quaternary nitrogens is 1. The summed E-state index contributed by atoms with van der Waals surface area (Å²) in [6.07, 6.45) is -4.12. The van der Waals surface area contributed by atoms with Gasteiger partial charge in [0.25, 0.3) is 0 Å². The van der Waals surface area contributed by atoms with Crippen molar-refractivity contribution in [1.29, 1.82) is 5.26 Å². The van der Waals surface area contributed by atoms with Gasteiger partial charge in [0.1, 0.15) is 12.6 Å². The van der Waals surface area contributed by atoms with Crippen LogP contribution in [0.15, 0.2) is 88.9 Å². The summed E-state index contributed by atoms with van der Waals surface area (Å²) in [6.45, 7) is 2.98. The number of H-pyrrole nitrogens is 1. The van der Waals surface area contributed by atoms with E-state index in [-0.39, 0.29) is 22.9 Å². The van der Waals surface area contributed by atoms with E-state index in [1.54, 1.807) is 25.1 Å². The number of anilines is 2. The summed E-state index contributed by atoms with van der Waals surface area (Å²) in [6, 6.07) is 20.8. The van der Waals surface area contributed by atoms with Gasteiger partial charge in [-0.25, -0.2) is 19.3 Å². The summed E-state index contributed by atoms with van der Waals surface area (Å²) >= 11 is 0. The first kappa shape index (κ1) is 31.3. The molecule has 0 fully saturated rings. The number of aromatic amines is 1. The monoisotopic (exact) mass is 617 g/mol. The molecule has 12 heteroatoms. The van der Waals surface area contributed by atoms with Gasteiger partial charge in [-0.05, 0) is 48.4 Å². The zero-order valence-corrected chi connectivity index (χ0v) is 25.2. The zero-order valence-electron chi connectivity index (χ0n) is 25.2. The van der Waals surface area contributed by atoms with E-state index in [4.69, 9.17) is 4.74 Å². The Balaban J connectivity index is 1.65. The number of nitrogens with one attached hydrogen (secondary N) is 1. The molecular weight excluding hydrogens is 585 g/mol. The lowest BCUT2D eigenvalue weighted by molar-refractivity contribution is -0.903. The first-order valence-electron chi connectivity index (χ1n) is 14.2. The number of hydrogen-bond acceptors (Lipinski definition) is 6. The number of fused-ring (bicyclic) bond motifs is 1. The van der Waals surface area contributed by atoms with Gasteiger partial charge in [0.05, 0.1) is 50.5 Å². The number of methoxy groups -OCH3 is 1. The molecule has 0 aliphatic carbocycles. The van der Waals surface area contributed by atoms with Gasteiger partial charge >= 0.3 is 17.8 Å². The highest BCUT2D eigenvalue weighted by Crippen LogP contribution is 2.43. The molecule has 0 saturated heterocycles. The molecule has 2 heterocycles. The normalized spacial score (nSPS) is 15.1. The van der Waals surface area contributed by atoms with Crippen molar-refractivity contribution in [3.8, 4) is 6.07 Å². The second kappa shape index (κ2) is 12.1. The molecule has 5 rings (SSSR count). The van der Waals surface area contributed by atoms with Crippen molar-refractivity contribution in [1.82, 2.24) is 14.8 Å². The number of likely N-dealkylation sites (N-methyl/N-ethyl adjacent to an activating group) is 1. The third-order valence-corrected chi connectivity index (χ3v) is 7.99. The molecule has 1 aliphatic heterocycles. The second-order valence-electron chi connectivity index (χ2n) is 11.6. The Morgan fingerprint density at radius 3 is 2.49 bits per heavy atom. The number of halogens is 3. The van der Waals surface area contributed by atoms with Crippen LogP contribution in [0.3, 0.4) is 0 Å². The predicted molar refractivity (Wildman–Crippen MR) is 161 cm³/mol. The summed E-state index contributed by atoms with van der Waals surface area (Å²) < 4.78 is 48.0. The van der Waals surface area contributed by atoms with Gasteiger partial charge in [-0.1, -0.05) is 42.5 Å². The molecule has 3 aromatic carbocycles. The number of nitriles is 1. The SMILES string of the molecule is COC(=O)C1=C(C)N(c2cccc(C(F)(F)F)c2)c2n[nH]c(=O)n2[C@@H]1c1ccc(C#N)cc1CC[N+](C)(C)Cc1ccccc1. The van der Waals surface area contributed by atoms with Gasteiger partial charge < -0.3 is 9.22 Å². The molecule has 0 radical (unpaired) electrons. The highest BCUT2D eigenvalue weighted by Gasteiger charge is 2.41. The number of rotatable bonds is 8. The fourth-order valence-electron chi connectivity index (χ4n) is 5.82. The van der Waals surface area contributed by atoms with E-state index in [9.17, 15) is 28.0 Å². The van der Waals surface area contributed by atoms with Crippen molar-refractivity contribution < 1.29 is 27.2 Å². The van der Waals surface area contributed by atoms with Crippen LogP contribution in [0.25, 0.3) is 0 Å². The van der Waals surface area contributed by atoms with Crippen molar-refractivity contribution in [2.75, 3.05) is 32.6 Å². The van der Waals surface area contributed by atoms with Gasteiger partial charge in [-0.2, -0.15) is 18.4 Å². The van der Waals surface area contributed by atoms with Crippen molar-refractivity contribution in [2.24, 2.45) is 0 Å². The number of alkyl halides is 3. The third kappa shape index (κ3) is 6.25. The predicted octanol–water partition coefficient (Wildman–Crippen LogP) is 5.47. The van der Waals surface area contributed by atoms with Crippen LogP contribution in [0.2, 0.25) is 0 Å². The van der Waals surface area contributed by atoms with E-state index in [1.165, 1.54) is 28.7 Å². The number of esters is 1. The molecule has 1 aliphatic rings. The number of carbonyl (C=O) groups excluding carboxylic acids is 1. The first-order chi connectivity index (χ1) is 21.3. The minimum atomic E-state index is -4.62. The maximum Gasteiger partial charge on any atom is 0.416 e. The molecule has 4 aromatic rings. The van der Waals surface area contributed by atoms with Crippen molar-refractivity contribution in [3.05, 3.63) is 122 Å². The molecule has 232 valence electrons. The fraction of sp³-hybridized carbons (Fsp3) is 0.273. The van der Waals surface area contributed by atoms with E-state index in [1.807, 2.05) is 18.2 Å². The summed E-state index contributed by atoms with van der Waals surface area (Å²) in [5.74, 6) is -0.756. The minimum absolute atomic E-state index is 0.00461. The fourth-order valence-corrected chi connectivity index (χ4v) is 5.82. The molecule has 45 heavy (non-hydrogen) atoms. The van der Waals surface area contributed by atoms with Crippen LogP contribution in [0, 0.1) is 11.3 Å². The molecule has 1 atom stereocenters. The molecule has 0 amide bonds. The van der Waals surface area contributed by atoms with Crippen LogP contribution in [-0.2, 0) is 28.7 Å². The molecule has 0 spiro atoms. The van der Waals surface area contributed by atoms with Gasteiger partial charge in [0.2, 0.25) is 5.95 Å². The number of benzene rings is 3. The van der Waals surface area contributed by atoms with Gasteiger partial charge in [-0.15, -0.1) is 5.10 Å². The van der Waals surface area contributed by atoms with E-state index in [0.29, 0.717) is 28.6 Å². The van der Waals surface area contributed by atoms with E-state index >= 15 is 0 Å². The molecule has 0 bridgehead atoms. The van der Waals surface area contributed by atoms with Crippen LogP contribution in [0.5, 0.6) is 0 Å². The largest absolute Gasteiger partial charge is 0.466 e. The topological polar surface area (TPSA) is 104 Å². The zero-order chi connectivity index (χ0) is 32.5. The maximum absolute atomic E-state index is 13.7. The van der Waals surface area contributed by atoms with Gasteiger partial charge in [0.15, 0.2) is 0 Å². The van der Waals surface area contributed by atoms with Crippen LogP contribution >= 0.6 is 0 Å². The van der Waals surface area contributed by atoms with Crippen LogP contribution in [0.4, 0.5) is 24.8 Å². The minimum Gasteiger partial charge on any atom is -0.466 e. The molecule has 0 unspecified atom stereocenters. The quantitative estimate of drug-likeness (QED) is 0.208. The third-order valence-electron chi connectivity index (χ3n) is 7.99. The lowest BCUT2D eigenvalue weighted by Gasteiger charge is -2.36. The molecule has 1 N–H and O–H groups in total. The molecular formula is C33H32F3N6O3+. The van der Waals surface area contributed by atoms with E-state index in [0.717, 1.165) is 29.8 Å². The average molecular weight is 618 g/mol. The number of carbonyl (C=O) groups is 1. The lowest BCUT2D eigenvalue weighted by Crippen LogP contribution is -2.41. The summed E-state index contributed by atoms with van der Waals surface area (Å²) in [5.41, 5.74) is 1.66. The highest BCUT2D eigenvalue weighted by atomic mass is 19.4. The highest BCUT2D eigenvalue weighted by molar-refractivity contribution is 5.93. The Morgan fingerprint density at radius 2 is 1.82 bits per heavy atom. The summed E-state index contributed by atoms with van der Waals surface area (Å²) in [7, 11) is 5.39. The standard InChI is InChI=1S/C33H31F3N6O3/c1-21-28(30(43)45-4)29(41-31(38-39-32(41)44)40(21)26-12-8-11-25(18-26)33(34,35)36)27-14-13-23(19-37)17-24(27)15-16-42(2,3)20-22-9-6-5-7-10-22/h5-14,17-18,29H,15-16,20H2,1-4H3/p+1/t29-/m1/s1. The smallest absolute Gasteiger partial charge is 0.416 e. The van der Waals surface area contributed by atoms with Crippen molar-refractivity contribution >= 4 is 17.6 Å². The Hall–Kier alpha value is -5.15. The number of allylic oxidation sites excluding steroid dienone is 1. The van der Waals surface area contributed by atoms with Gasteiger partial charge in [-0.3, -0.25) is 4.90 Å². The van der Waals surface area contributed by atoms with Crippen LogP contribution in [0.1, 0.15) is 40.8 Å². The maximum atomic E-state index is 13.7. The second-order valence-corrected chi connectivity index (χ2v) is 11.6. The van der Waals surface area contributed by atoms with Gasteiger partial charge in [0, 0.05) is 23.4 Å². The average Bonchev–Trinajstić information content (AvgIpc) is 3.39. The Labute approximate surface area is 258 Å². The van der Waals surface area contributed by atoms with Crippen molar-refractivity contribution in [3.63, 3.8) is 0 Å². The number of ether oxygens (including phenoxy) is 1. The lowest BCUT2D eigenvalue weighted by atomic mass is 9.89. The van der Waals surface area contributed by atoms with Crippen molar-refractivity contribution in [2.45, 2.75) is 32.1 Å². The molecule has 9 nitrogen and oxygen atoms in total.